The van der Waals surface area contributed by atoms with Gasteiger partial charge in [0.25, 0.3) is 0 Å². The topological polar surface area (TPSA) is 80.7 Å². The first kappa shape index (κ1) is 14.9. The van der Waals surface area contributed by atoms with E-state index in [1.165, 1.54) is 31.4 Å². The molecule has 0 aromatic heterocycles. The zero-order chi connectivity index (χ0) is 15.1. The van der Waals surface area contributed by atoms with Crippen molar-refractivity contribution in [2.45, 2.75) is 11.2 Å². The van der Waals surface area contributed by atoms with Crippen molar-refractivity contribution in [2.24, 2.45) is 5.41 Å². The molecule has 1 fully saturated rings. The van der Waals surface area contributed by atoms with Crippen molar-refractivity contribution in [1.29, 1.82) is 0 Å². The molecule has 3 unspecified atom stereocenters. The molecule has 2 rings (SSSR count). The number of methoxy groups -OCH3 is 1. The van der Waals surface area contributed by atoms with Gasteiger partial charge in [-0.3, -0.25) is 4.79 Å². The highest BCUT2D eigenvalue weighted by Crippen LogP contribution is 2.63. The van der Waals surface area contributed by atoms with Gasteiger partial charge in [-0.05, 0) is 17.7 Å². The fraction of sp³-hybridized carbons (Fsp3) is 0.462. The Morgan fingerprint density at radius 3 is 2.60 bits per heavy atom. The SMILES string of the molecule is COCC1(C(=O)O)C(c2cccc(F)c2)C1S(C)(=O)=O. The Hall–Kier alpha value is -1.47. The maximum Gasteiger partial charge on any atom is 0.314 e. The van der Waals surface area contributed by atoms with Crippen LogP contribution in [-0.2, 0) is 19.4 Å². The van der Waals surface area contributed by atoms with Crippen molar-refractivity contribution in [2.75, 3.05) is 20.0 Å². The summed E-state index contributed by atoms with van der Waals surface area (Å²) in [5.74, 6) is -2.58. The zero-order valence-electron chi connectivity index (χ0n) is 11.0. The number of sulfone groups is 1. The van der Waals surface area contributed by atoms with Crippen LogP contribution in [0.4, 0.5) is 4.39 Å². The molecule has 1 aromatic carbocycles. The highest BCUT2D eigenvalue weighted by molar-refractivity contribution is 7.91. The summed E-state index contributed by atoms with van der Waals surface area (Å²) in [5.41, 5.74) is -1.18. The molecule has 0 bridgehead atoms. The lowest BCUT2D eigenvalue weighted by molar-refractivity contribution is -0.145. The van der Waals surface area contributed by atoms with Crippen molar-refractivity contribution >= 4 is 15.8 Å². The molecule has 110 valence electrons. The first-order chi connectivity index (χ1) is 9.25. The van der Waals surface area contributed by atoms with E-state index in [1.807, 2.05) is 0 Å². The van der Waals surface area contributed by atoms with Crippen LogP contribution in [0.25, 0.3) is 0 Å². The number of hydrogen-bond acceptors (Lipinski definition) is 4. The molecule has 0 heterocycles. The number of ether oxygens (including phenoxy) is 1. The van der Waals surface area contributed by atoms with Gasteiger partial charge >= 0.3 is 5.97 Å². The molecule has 7 heteroatoms. The van der Waals surface area contributed by atoms with Gasteiger partial charge in [-0.25, -0.2) is 12.8 Å². The van der Waals surface area contributed by atoms with E-state index in [2.05, 4.69) is 0 Å². The van der Waals surface area contributed by atoms with Crippen molar-refractivity contribution in [3.8, 4) is 0 Å². The van der Waals surface area contributed by atoms with Gasteiger partial charge in [0.1, 0.15) is 11.2 Å². The van der Waals surface area contributed by atoms with Crippen LogP contribution in [0.1, 0.15) is 11.5 Å². The van der Waals surface area contributed by atoms with E-state index in [4.69, 9.17) is 4.74 Å². The third kappa shape index (κ3) is 2.20. The second-order valence-corrected chi connectivity index (χ2v) is 7.23. The van der Waals surface area contributed by atoms with Crippen molar-refractivity contribution in [3.63, 3.8) is 0 Å². The van der Waals surface area contributed by atoms with Crippen LogP contribution in [0.2, 0.25) is 0 Å². The van der Waals surface area contributed by atoms with Gasteiger partial charge in [0.05, 0.1) is 11.9 Å². The molecule has 0 aliphatic heterocycles. The van der Waals surface area contributed by atoms with Gasteiger partial charge in [-0.15, -0.1) is 0 Å². The Kier molecular flexibility index (Phi) is 3.60. The Morgan fingerprint density at radius 2 is 2.15 bits per heavy atom. The number of aliphatic carboxylic acids is 1. The van der Waals surface area contributed by atoms with Gasteiger partial charge in [-0.1, -0.05) is 12.1 Å². The van der Waals surface area contributed by atoms with Crippen LogP contribution in [0.5, 0.6) is 0 Å². The minimum absolute atomic E-state index is 0.235. The quantitative estimate of drug-likeness (QED) is 0.879. The van der Waals surface area contributed by atoms with E-state index >= 15 is 0 Å². The lowest BCUT2D eigenvalue weighted by Gasteiger charge is -2.11. The molecule has 1 aromatic rings. The molecule has 0 saturated heterocycles. The molecule has 3 atom stereocenters. The fourth-order valence-corrected chi connectivity index (χ4v) is 4.83. The minimum atomic E-state index is -3.60. The number of carbonyl (C=O) groups is 1. The van der Waals surface area contributed by atoms with E-state index in [0.29, 0.717) is 5.56 Å². The predicted octanol–water partition coefficient (Wildman–Crippen LogP) is 1.05. The zero-order valence-corrected chi connectivity index (χ0v) is 11.9. The van der Waals surface area contributed by atoms with Gasteiger partial charge in [0.2, 0.25) is 0 Å². The first-order valence-corrected chi connectivity index (χ1v) is 7.87. The lowest BCUT2D eigenvalue weighted by atomic mass is 10.00. The minimum Gasteiger partial charge on any atom is -0.481 e. The van der Waals surface area contributed by atoms with Gasteiger partial charge in [0.15, 0.2) is 9.84 Å². The average molecular weight is 302 g/mol. The third-order valence-electron chi connectivity index (χ3n) is 3.71. The molecule has 5 nitrogen and oxygen atoms in total. The predicted molar refractivity (Wildman–Crippen MR) is 69.7 cm³/mol. The van der Waals surface area contributed by atoms with Crippen molar-refractivity contribution in [3.05, 3.63) is 35.6 Å². The molecular weight excluding hydrogens is 287 g/mol. The Morgan fingerprint density at radius 1 is 1.50 bits per heavy atom. The largest absolute Gasteiger partial charge is 0.481 e. The third-order valence-corrected chi connectivity index (χ3v) is 5.32. The number of hydrogen-bond donors (Lipinski definition) is 1. The van der Waals surface area contributed by atoms with E-state index in [1.54, 1.807) is 0 Å². The summed E-state index contributed by atoms with van der Waals surface area (Å²) < 4.78 is 41.9. The van der Waals surface area contributed by atoms with E-state index in [0.717, 1.165) is 6.26 Å². The number of benzene rings is 1. The Labute approximate surface area is 116 Å². The van der Waals surface area contributed by atoms with Gasteiger partial charge in [-0.2, -0.15) is 0 Å². The van der Waals surface area contributed by atoms with E-state index < -0.39 is 38.2 Å². The highest BCUT2D eigenvalue weighted by Gasteiger charge is 2.75. The summed E-state index contributed by atoms with van der Waals surface area (Å²) in [4.78, 5) is 11.6. The summed E-state index contributed by atoms with van der Waals surface area (Å²) >= 11 is 0. The van der Waals surface area contributed by atoms with Gasteiger partial charge < -0.3 is 9.84 Å². The average Bonchev–Trinajstić information content (AvgIpc) is 3.00. The maximum absolute atomic E-state index is 13.3. The maximum atomic E-state index is 13.3. The molecule has 0 amide bonds. The van der Waals surface area contributed by atoms with Crippen LogP contribution >= 0.6 is 0 Å². The van der Waals surface area contributed by atoms with Crippen LogP contribution in [0.15, 0.2) is 24.3 Å². The van der Waals surface area contributed by atoms with Crippen LogP contribution < -0.4 is 0 Å². The molecule has 20 heavy (non-hydrogen) atoms. The Balaban J connectivity index is 2.53. The smallest absolute Gasteiger partial charge is 0.314 e. The molecule has 0 spiro atoms. The number of carboxylic acids is 1. The number of halogens is 1. The standard InChI is InChI=1S/C13H15FO5S/c1-19-7-13(12(15)16)10(11(13)20(2,17)18)8-4-3-5-9(14)6-8/h3-6,10-11H,7H2,1-2H3,(H,15,16). The van der Waals surface area contributed by atoms with Gasteiger partial charge in [0, 0.05) is 19.3 Å². The van der Waals surface area contributed by atoms with Crippen LogP contribution in [0.3, 0.4) is 0 Å². The first-order valence-electron chi connectivity index (χ1n) is 5.92. The van der Waals surface area contributed by atoms with Crippen LogP contribution in [0, 0.1) is 11.2 Å². The van der Waals surface area contributed by atoms with Crippen molar-refractivity contribution < 1.29 is 27.4 Å². The van der Waals surface area contributed by atoms with Crippen molar-refractivity contribution in [1.82, 2.24) is 0 Å². The summed E-state index contributed by atoms with van der Waals surface area (Å²) in [6.07, 6.45) is 0.990. The Bertz CT molecular complexity index is 642. The fourth-order valence-electron chi connectivity index (χ4n) is 2.93. The highest BCUT2D eigenvalue weighted by atomic mass is 32.2. The molecule has 1 N–H and O–H groups in total. The summed E-state index contributed by atoms with van der Waals surface area (Å²) in [6.45, 7) is -0.235. The number of rotatable bonds is 5. The molecular formula is C13H15FO5S. The lowest BCUT2D eigenvalue weighted by Crippen LogP contribution is -2.28. The summed E-state index contributed by atoms with van der Waals surface area (Å²) in [5, 5.41) is 8.33. The van der Waals surface area contributed by atoms with Crippen LogP contribution in [-0.4, -0.2) is 44.7 Å². The molecule has 1 aliphatic rings. The summed E-state index contributed by atoms with van der Waals surface area (Å²) in [6, 6.07) is 5.36. The second-order valence-electron chi connectivity index (χ2n) is 5.06. The second kappa shape index (κ2) is 4.82. The summed E-state index contributed by atoms with van der Waals surface area (Å²) in [7, 11) is -2.29. The van der Waals surface area contributed by atoms with E-state index in [9.17, 15) is 22.7 Å². The monoisotopic (exact) mass is 302 g/mol. The number of carboxylic acid groups (broad SMARTS) is 1. The normalized spacial score (nSPS) is 29.1. The molecule has 1 aliphatic carbocycles. The molecule has 1 saturated carbocycles. The van der Waals surface area contributed by atoms with E-state index in [-0.39, 0.29) is 6.61 Å². The molecule has 0 radical (unpaired) electrons.